The molecule has 2 unspecified atom stereocenters. The van der Waals surface area contributed by atoms with E-state index in [-0.39, 0.29) is 24.7 Å². The molecule has 0 bridgehead atoms. The van der Waals surface area contributed by atoms with Crippen LogP contribution >= 0.6 is 0 Å². The SMILES string of the molecule is CCC(C)C(NC(=O)CCOc1ccccc1F)C(=O)O. The van der Waals surface area contributed by atoms with Crippen LogP contribution in [0, 0.1) is 11.7 Å². The summed E-state index contributed by atoms with van der Waals surface area (Å²) in [6.07, 6.45) is 0.609. The molecule has 6 heteroatoms. The third-order valence-corrected chi connectivity index (χ3v) is 3.22. The molecular weight excluding hydrogens is 277 g/mol. The topological polar surface area (TPSA) is 75.6 Å². The molecule has 0 aliphatic heterocycles. The van der Waals surface area contributed by atoms with Crippen LogP contribution in [0.2, 0.25) is 0 Å². The maximum absolute atomic E-state index is 13.3. The van der Waals surface area contributed by atoms with Crippen molar-refractivity contribution < 1.29 is 23.8 Å². The maximum Gasteiger partial charge on any atom is 0.326 e. The van der Waals surface area contributed by atoms with E-state index in [0.29, 0.717) is 6.42 Å². The van der Waals surface area contributed by atoms with E-state index < -0.39 is 23.7 Å². The zero-order chi connectivity index (χ0) is 15.8. The summed E-state index contributed by atoms with van der Waals surface area (Å²) in [7, 11) is 0. The fraction of sp³-hybridized carbons (Fsp3) is 0.467. The third-order valence-electron chi connectivity index (χ3n) is 3.22. The number of carbonyl (C=O) groups is 2. The predicted octanol–water partition coefficient (Wildman–Crippen LogP) is 2.21. The van der Waals surface area contributed by atoms with Crippen molar-refractivity contribution in [2.45, 2.75) is 32.7 Å². The molecule has 0 fully saturated rings. The van der Waals surface area contributed by atoms with Crippen molar-refractivity contribution in [3.63, 3.8) is 0 Å². The van der Waals surface area contributed by atoms with Gasteiger partial charge < -0.3 is 15.2 Å². The summed E-state index contributed by atoms with van der Waals surface area (Å²) in [5.41, 5.74) is 0. The Bertz CT molecular complexity index is 492. The molecule has 0 saturated heterocycles. The first-order valence-corrected chi connectivity index (χ1v) is 6.85. The largest absolute Gasteiger partial charge is 0.490 e. The average Bonchev–Trinajstić information content (AvgIpc) is 2.45. The van der Waals surface area contributed by atoms with E-state index in [1.54, 1.807) is 19.1 Å². The summed E-state index contributed by atoms with van der Waals surface area (Å²) in [6, 6.07) is 4.97. The Morgan fingerprint density at radius 3 is 2.62 bits per heavy atom. The van der Waals surface area contributed by atoms with Crippen LogP contribution in [0.25, 0.3) is 0 Å². The van der Waals surface area contributed by atoms with Crippen molar-refractivity contribution >= 4 is 11.9 Å². The van der Waals surface area contributed by atoms with Gasteiger partial charge in [-0.15, -0.1) is 0 Å². The minimum absolute atomic E-state index is 0.0143. The van der Waals surface area contributed by atoms with Crippen LogP contribution in [-0.2, 0) is 9.59 Å². The summed E-state index contributed by atoms with van der Waals surface area (Å²) in [5.74, 6) is -2.09. The minimum Gasteiger partial charge on any atom is -0.490 e. The molecule has 116 valence electrons. The number of halogens is 1. The standard InChI is InChI=1S/C15H20FNO4/c1-3-10(2)14(15(19)20)17-13(18)8-9-21-12-7-5-4-6-11(12)16/h4-7,10,14H,3,8-9H2,1-2H3,(H,17,18)(H,19,20). The Morgan fingerprint density at radius 1 is 1.38 bits per heavy atom. The van der Waals surface area contributed by atoms with Crippen LogP contribution in [0.5, 0.6) is 5.75 Å². The molecule has 21 heavy (non-hydrogen) atoms. The van der Waals surface area contributed by atoms with Gasteiger partial charge in [-0.1, -0.05) is 32.4 Å². The predicted molar refractivity (Wildman–Crippen MR) is 75.5 cm³/mol. The maximum atomic E-state index is 13.3. The number of ether oxygens (including phenoxy) is 1. The second-order valence-corrected chi connectivity index (χ2v) is 4.80. The van der Waals surface area contributed by atoms with Gasteiger partial charge in [0.05, 0.1) is 13.0 Å². The van der Waals surface area contributed by atoms with Gasteiger partial charge >= 0.3 is 5.97 Å². The lowest BCUT2D eigenvalue weighted by Crippen LogP contribution is -2.45. The number of amides is 1. The van der Waals surface area contributed by atoms with Crippen molar-refractivity contribution in [3.8, 4) is 5.75 Å². The third kappa shape index (κ3) is 5.41. The highest BCUT2D eigenvalue weighted by Gasteiger charge is 2.25. The summed E-state index contributed by atoms with van der Waals surface area (Å²) < 4.78 is 18.4. The molecule has 2 N–H and O–H groups in total. The first-order chi connectivity index (χ1) is 9.95. The van der Waals surface area contributed by atoms with Crippen LogP contribution in [0.4, 0.5) is 4.39 Å². The van der Waals surface area contributed by atoms with Gasteiger partial charge in [0, 0.05) is 0 Å². The van der Waals surface area contributed by atoms with Crippen LogP contribution in [0.3, 0.4) is 0 Å². The quantitative estimate of drug-likeness (QED) is 0.771. The number of rotatable bonds is 8. The Hall–Kier alpha value is -2.11. The minimum atomic E-state index is -1.06. The number of aliphatic carboxylic acids is 1. The van der Waals surface area contributed by atoms with Crippen molar-refractivity contribution in [1.29, 1.82) is 0 Å². The number of nitrogens with one attached hydrogen (secondary N) is 1. The van der Waals surface area contributed by atoms with Crippen LogP contribution in [-0.4, -0.2) is 29.6 Å². The molecule has 0 aromatic heterocycles. The van der Waals surface area contributed by atoms with Crippen molar-refractivity contribution in [2.24, 2.45) is 5.92 Å². The Kier molecular flexibility index (Phi) is 6.65. The highest BCUT2D eigenvalue weighted by molar-refractivity contribution is 5.83. The van der Waals surface area contributed by atoms with E-state index in [0.717, 1.165) is 0 Å². The van der Waals surface area contributed by atoms with Gasteiger partial charge in [-0.05, 0) is 18.1 Å². The van der Waals surface area contributed by atoms with Crippen LogP contribution in [0.15, 0.2) is 24.3 Å². The molecular formula is C15H20FNO4. The number of carboxylic acid groups (broad SMARTS) is 1. The Morgan fingerprint density at radius 2 is 2.05 bits per heavy atom. The van der Waals surface area contributed by atoms with E-state index in [2.05, 4.69) is 5.32 Å². The Balaban J connectivity index is 2.43. The molecule has 5 nitrogen and oxygen atoms in total. The fourth-order valence-electron chi connectivity index (χ4n) is 1.74. The van der Waals surface area contributed by atoms with E-state index in [1.165, 1.54) is 12.1 Å². The lowest BCUT2D eigenvalue weighted by atomic mass is 9.99. The zero-order valence-corrected chi connectivity index (χ0v) is 12.1. The molecule has 2 atom stereocenters. The van der Waals surface area contributed by atoms with Gasteiger partial charge in [-0.3, -0.25) is 4.79 Å². The lowest BCUT2D eigenvalue weighted by Gasteiger charge is -2.20. The van der Waals surface area contributed by atoms with E-state index >= 15 is 0 Å². The fourth-order valence-corrected chi connectivity index (χ4v) is 1.74. The van der Waals surface area contributed by atoms with Crippen LogP contribution in [0.1, 0.15) is 26.7 Å². The number of hydrogen-bond acceptors (Lipinski definition) is 3. The second-order valence-electron chi connectivity index (χ2n) is 4.80. The van der Waals surface area contributed by atoms with Gasteiger partial charge in [0.25, 0.3) is 0 Å². The zero-order valence-electron chi connectivity index (χ0n) is 12.1. The molecule has 0 heterocycles. The van der Waals surface area contributed by atoms with Gasteiger partial charge in [0.2, 0.25) is 5.91 Å². The number of hydrogen-bond donors (Lipinski definition) is 2. The van der Waals surface area contributed by atoms with Gasteiger partial charge in [0.15, 0.2) is 11.6 Å². The van der Waals surface area contributed by atoms with Gasteiger partial charge in [0.1, 0.15) is 6.04 Å². The molecule has 1 amide bonds. The Labute approximate surface area is 123 Å². The summed E-state index contributed by atoms with van der Waals surface area (Å²) in [6.45, 7) is 3.60. The van der Waals surface area contributed by atoms with E-state index in [4.69, 9.17) is 9.84 Å². The summed E-state index contributed by atoms with van der Waals surface area (Å²) >= 11 is 0. The molecule has 0 spiro atoms. The number of benzene rings is 1. The molecule has 0 radical (unpaired) electrons. The van der Waals surface area contributed by atoms with Crippen molar-refractivity contribution in [3.05, 3.63) is 30.1 Å². The molecule has 1 aromatic carbocycles. The van der Waals surface area contributed by atoms with E-state index in [9.17, 15) is 14.0 Å². The normalized spacial score (nSPS) is 13.3. The molecule has 1 rings (SSSR count). The summed E-state index contributed by atoms with van der Waals surface area (Å²) in [4.78, 5) is 22.8. The van der Waals surface area contributed by atoms with Crippen LogP contribution < -0.4 is 10.1 Å². The first-order valence-electron chi connectivity index (χ1n) is 6.85. The van der Waals surface area contributed by atoms with Gasteiger partial charge in [-0.2, -0.15) is 0 Å². The number of carboxylic acids is 1. The molecule has 0 aliphatic carbocycles. The second kappa shape index (κ2) is 8.24. The number of para-hydroxylation sites is 1. The number of carbonyl (C=O) groups excluding carboxylic acids is 1. The average molecular weight is 297 g/mol. The lowest BCUT2D eigenvalue weighted by molar-refractivity contribution is -0.143. The van der Waals surface area contributed by atoms with Crippen molar-refractivity contribution in [1.82, 2.24) is 5.32 Å². The summed E-state index contributed by atoms with van der Waals surface area (Å²) in [5, 5.41) is 11.5. The first kappa shape index (κ1) is 16.9. The molecule has 1 aromatic rings. The monoisotopic (exact) mass is 297 g/mol. The highest BCUT2D eigenvalue weighted by atomic mass is 19.1. The van der Waals surface area contributed by atoms with Crippen molar-refractivity contribution in [2.75, 3.05) is 6.61 Å². The molecule has 0 aliphatic rings. The highest BCUT2D eigenvalue weighted by Crippen LogP contribution is 2.15. The van der Waals surface area contributed by atoms with Gasteiger partial charge in [-0.25, -0.2) is 9.18 Å². The molecule has 0 saturated carbocycles. The smallest absolute Gasteiger partial charge is 0.326 e. The van der Waals surface area contributed by atoms with E-state index in [1.807, 2.05) is 6.92 Å².